The number of fused-ring (bicyclic) bond motifs is 1. The number of halogens is 1. The Kier molecular flexibility index (Phi) is 3.98. The molecule has 1 aliphatic rings. The maximum atomic E-state index is 12.6. The topological polar surface area (TPSA) is 37.4 Å². The summed E-state index contributed by atoms with van der Waals surface area (Å²) in [5, 5.41) is 0.835. The highest BCUT2D eigenvalue weighted by Gasteiger charge is 2.37. The minimum Gasteiger partial charge on any atom is -0.268 e. The van der Waals surface area contributed by atoms with Gasteiger partial charge in [-0.15, -0.1) is 11.8 Å². The molecule has 1 heterocycles. The molecule has 1 aliphatic heterocycles. The summed E-state index contributed by atoms with van der Waals surface area (Å²) in [5.41, 5.74) is 1.43. The number of thioether (sulfide) groups is 1. The van der Waals surface area contributed by atoms with Crippen LogP contribution in [0.3, 0.4) is 0 Å². The van der Waals surface area contributed by atoms with Gasteiger partial charge in [0, 0.05) is 5.25 Å². The lowest BCUT2D eigenvalue weighted by Gasteiger charge is -2.19. The summed E-state index contributed by atoms with van der Waals surface area (Å²) in [6, 6.07) is 12.2. The molecule has 3 nitrogen and oxygen atoms in total. The molecule has 0 bridgehead atoms. The van der Waals surface area contributed by atoms with Gasteiger partial charge in [-0.3, -0.25) is 9.59 Å². The lowest BCUT2D eigenvalue weighted by atomic mass is 10.1. The van der Waals surface area contributed by atoms with Gasteiger partial charge in [0.2, 0.25) is 0 Å². The first-order chi connectivity index (χ1) is 10.5. The zero-order valence-corrected chi connectivity index (χ0v) is 13.7. The minimum absolute atomic E-state index is 0.286. The number of amides is 2. The number of carbonyl (C=O) groups is 2. The fourth-order valence-corrected chi connectivity index (χ4v) is 3.67. The summed E-state index contributed by atoms with van der Waals surface area (Å²) >= 11 is 7.83. The summed E-state index contributed by atoms with van der Waals surface area (Å²) in [7, 11) is 0. The first-order valence-electron chi connectivity index (χ1n) is 6.93. The van der Waals surface area contributed by atoms with Gasteiger partial charge in [-0.25, -0.2) is 4.90 Å². The molecule has 0 radical (unpaired) electrons. The van der Waals surface area contributed by atoms with Crippen molar-refractivity contribution < 1.29 is 9.59 Å². The Balaban J connectivity index is 2.12. The highest BCUT2D eigenvalue weighted by molar-refractivity contribution is 8.00. The second kappa shape index (κ2) is 5.78. The molecule has 0 saturated carbocycles. The van der Waals surface area contributed by atoms with Gasteiger partial charge in [0.1, 0.15) is 0 Å². The van der Waals surface area contributed by atoms with Gasteiger partial charge in [0.15, 0.2) is 0 Å². The maximum absolute atomic E-state index is 12.6. The van der Waals surface area contributed by atoms with Crippen LogP contribution in [0.25, 0.3) is 0 Å². The van der Waals surface area contributed by atoms with Crippen molar-refractivity contribution in [3.8, 4) is 0 Å². The van der Waals surface area contributed by atoms with E-state index in [0.717, 1.165) is 4.90 Å². The van der Waals surface area contributed by atoms with E-state index in [4.69, 9.17) is 11.6 Å². The first kappa shape index (κ1) is 15.1. The van der Waals surface area contributed by atoms with Gasteiger partial charge >= 0.3 is 0 Å². The molecule has 2 aromatic rings. The van der Waals surface area contributed by atoms with Crippen LogP contribution in [0.15, 0.2) is 47.4 Å². The van der Waals surface area contributed by atoms with Crippen LogP contribution >= 0.6 is 23.4 Å². The predicted molar refractivity (Wildman–Crippen MR) is 90.0 cm³/mol. The van der Waals surface area contributed by atoms with E-state index in [9.17, 15) is 9.59 Å². The van der Waals surface area contributed by atoms with Gasteiger partial charge in [0.05, 0.1) is 26.7 Å². The van der Waals surface area contributed by atoms with Crippen LogP contribution in [-0.4, -0.2) is 17.1 Å². The summed E-state index contributed by atoms with van der Waals surface area (Å²) in [5.74, 6) is -0.595. The van der Waals surface area contributed by atoms with Crippen molar-refractivity contribution in [1.82, 2.24) is 0 Å². The Bertz CT molecular complexity index is 738. The number of hydrogen-bond acceptors (Lipinski definition) is 3. The number of rotatable bonds is 3. The van der Waals surface area contributed by atoms with E-state index in [1.54, 1.807) is 54.2 Å². The number of carbonyl (C=O) groups excluding carboxylic acids is 2. The number of benzene rings is 2. The standard InChI is InChI=1S/C17H14ClNO2S/c1-10(2)22-15-13(18)8-5-9-14(15)19-16(20)11-6-3-4-7-12(11)17(19)21/h3-10H,1-2H3. The Labute approximate surface area is 138 Å². The fraction of sp³-hybridized carbons (Fsp3) is 0.176. The average molecular weight is 332 g/mol. The van der Waals surface area contributed by atoms with Crippen molar-refractivity contribution >= 4 is 40.9 Å². The molecular weight excluding hydrogens is 318 g/mol. The molecule has 112 valence electrons. The highest BCUT2D eigenvalue weighted by Crippen LogP contribution is 2.41. The third-order valence-corrected chi connectivity index (χ3v) is 4.90. The quantitative estimate of drug-likeness (QED) is 0.607. The zero-order valence-electron chi connectivity index (χ0n) is 12.2. The molecular formula is C17H14ClNO2S. The lowest BCUT2D eigenvalue weighted by Crippen LogP contribution is -2.30. The molecule has 5 heteroatoms. The predicted octanol–water partition coefficient (Wildman–Crippen LogP) is 4.64. The molecule has 0 saturated heterocycles. The monoisotopic (exact) mass is 331 g/mol. The van der Waals surface area contributed by atoms with Crippen LogP contribution in [-0.2, 0) is 0 Å². The van der Waals surface area contributed by atoms with E-state index in [1.165, 1.54) is 4.90 Å². The van der Waals surface area contributed by atoms with Crippen molar-refractivity contribution in [2.75, 3.05) is 4.90 Å². The molecule has 0 aliphatic carbocycles. The van der Waals surface area contributed by atoms with Crippen LogP contribution in [0.1, 0.15) is 34.6 Å². The van der Waals surface area contributed by atoms with Crippen LogP contribution in [0, 0.1) is 0 Å². The van der Waals surface area contributed by atoms with E-state index in [0.29, 0.717) is 21.8 Å². The third kappa shape index (κ3) is 2.42. The van der Waals surface area contributed by atoms with Crippen molar-refractivity contribution in [1.29, 1.82) is 0 Å². The molecule has 0 spiro atoms. The van der Waals surface area contributed by atoms with Crippen molar-refractivity contribution in [2.24, 2.45) is 0 Å². The van der Waals surface area contributed by atoms with E-state index in [1.807, 2.05) is 13.8 Å². The Morgan fingerprint density at radius 3 is 2.09 bits per heavy atom. The molecule has 0 unspecified atom stereocenters. The second-order valence-corrected chi connectivity index (χ2v) is 7.24. The first-order valence-corrected chi connectivity index (χ1v) is 8.19. The highest BCUT2D eigenvalue weighted by atomic mass is 35.5. The summed E-state index contributed by atoms with van der Waals surface area (Å²) in [4.78, 5) is 27.2. The van der Waals surface area contributed by atoms with Crippen molar-refractivity contribution in [3.05, 3.63) is 58.6 Å². The largest absolute Gasteiger partial charge is 0.268 e. The summed E-state index contributed by atoms with van der Waals surface area (Å²) in [6.45, 7) is 4.08. The van der Waals surface area contributed by atoms with Crippen molar-refractivity contribution in [2.45, 2.75) is 24.0 Å². The average Bonchev–Trinajstić information content (AvgIpc) is 2.74. The van der Waals surface area contributed by atoms with Gasteiger partial charge in [-0.2, -0.15) is 0 Å². The van der Waals surface area contributed by atoms with E-state index in [2.05, 4.69) is 0 Å². The number of hydrogen-bond donors (Lipinski definition) is 0. The molecule has 2 aromatic carbocycles. The molecule has 0 fully saturated rings. The third-order valence-electron chi connectivity index (χ3n) is 3.33. The number of nitrogens with zero attached hydrogens (tertiary/aromatic N) is 1. The van der Waals surface area contributed by atoms with Gasteiger partial charge in [-0.05, 0) is 24.3 Å². The fourth-order valence-electron chi connectivity index (χ4n) is 2.43. The van der Waals surface area contributed by atoms with Gasteiger partial charge < -0.3 is 0 Å². The van der Waals surface area contributed by atoms with E-state index < -0.39 is 0 Å². The lowest BCUT2D eigenvalue weighted by molar-refractivity contribution is 0.0925. The zero-order chi connectivity index (χ0) is 15.9. The molecule has 3 rings (SSSR count). The Morgan fingerprint density at radius 2 is 1.55 bits per heavy atom. The number of anilines is 1. The summed E-state index contributed by atoms with van der Waals surface area (Å²) in [6.07, 6.45) is 0. The van der Waals surface area contributed by atoms with Crippen LogP contribution in [0.5, 0.6) is 0 Å². The van der Waals surface area contributed by atoms with Crippen LogP contribution < -0.4 is 4.90 Å². The Hall–Kier alpha value is -1.78. The van der Waals surface area contributed by atoms with E-state index >= 15 is 0 Å². The molecule has 0 N–H and O–H groups in total. The summed E-state index contributed by atoms with van der Waals surface area (Å²) < 4.78 is 0. The van der Waals surface area contributed by atoms with Crippen LogP contribution in [0.2, 0.25) is 5.02 Å². The molecule has 2 amide bonds. The van der Waals surface area contributed by atoms with Gasteiger partial charge in [0.25, 0.3) is 11.8 Å². The smallest absolute Gasteiger partial charge is 0.266 e. The second-order valence-electron chi connectivity index (χ2n) is 5.25. The molecule has 0 aromatic heterocycles. The van der Waals surface area contributed by atoms with Crippen molar-refractivity contribution in [3.63, 3.8) is 0 Å². The number of imide groups is 1. The van der Waals surface area contributed by atoms with Crippen LogP contribution in [0.4, 0.5) is 5.69 Å². The van der Waals surface area contributed by atoms with Gasteiger partial charge in [-0.1, -0.05) is 43.6 Å². The molecule has 0 atom stereocenters. The minimum atomic E-state index is -0.298. The van der Waals surface area contributed by atoms with E-state index in [-0.39, 0.29) is 17.1 Å². The Morgan fingerprint density at radius 1 is 0.955 bits per heavy atom. The normalized spacial score (nSPS) is 13.9. The SMILES string of the molecule is CC(C)Sc1c(Cl)cccc1N1C(=O)c2ccccc2C1=O. The maximum Gasteiger partial charge on any atom is 0.266 e. The molecule has 22 heavy (non-hydrogen) atoms.